The molecule has 1 N–H and O–H groups in total. The third-order valence-corrected chi connectivity index (χ3v) is 4.57. The van der Waals surface area contributed by atoms with Crippen LogP contribution < -0.4 is 10.1 Å². The summed E-state index contributed by atoms with van der Waals surface area (Å²) in [4.78, 5) is 25.6. The van der Waals surface area contributed by atoms with Gasteiger partial charge >= 0.3 is 0 Å². The predicted octanol–water partition coefficient (Wildman–Crippen LogP) is 3.53. The first-order valence-corrected chi connectivity index (χ1v) is 8.42. The minimum Gasteiger partial charge on any atom is -0.494 e. The zero-order valence-electron chi connectivity index (χ0n) is 14.0. The SMILES string of the molecule is CCc1nc(C)ncc1C(=O)Nc1cc2sc(C)nc2cc1OC. The van der Waals surface area contributed by atoms with Gasteiger partial charge in [-0.1, -0.05) is 6.92 Å². The van der Waals surface area contributed by atoms with Crippen LogP contribution in [0.25, 0.3) is 10.2 Å². The van der Waals surface area contributed by atoms with Crippen molar-refractivity contribution in [3.05, 3.63) is 40.4 Å². The molecule has 0 atom stereocenters. The largest absolute Gasteiger partial charge is 0.494 e. The second-order valence-corrected chi connectivity index (χ2v) is 6.57. The van der Waals surface area contributed by atoms with Crippen LogP contribution >= 0.6 is 11.3 Å². The molecule has 0 radical (unpaired) electrons. The van der Waals surface area contributed by atoms with Crippen LogP contribution in [0, 0.1) is 13.8 Å². The van der Waals surface area contributed by atoms with Gasteiger partial charge in [0.1, 0.15) is 11.6 Å². The maximum Gasteiger partial charge on any atom is 0.259 e. The minimum absolute atomic E-state index is 0.245. The second-order valence-electron chi connectivity index (χ2n) is 5.34. The molecule has 0 aliphatic rings. The average molecular weight is 342 g/mol. The van der Waals surface area contributed by atoms with Crippen molar-refractivity contribution in [3.63, 3.8) is 0 Å². The molecule has 0 unspecified atom stereocenters. The van der Waals surface area contributed by atoms with Crippen LogP contribution in [0.5, 0.6) is 5.75 Å². The Morgan fingerprint density at radius 1 is 1.29 bits per heavy atom. The fraction of sp³-hybridized carbons (Fsp3) is 0.294. The van der Waals surface area contributed by atoms with E-state index >= 15 is 0 Å². The van der Waals surface area contributed by atoms with Crippen LogP contribution in [-0.4, -0.2) is 28.0 Å². The number of nitrogens with one attached hydrogen (secondary N) is 1. The lowest BCUT2D eigenvalue weighted by atomic mass is 10.1. The van der Waals surface area contributed by atoms with Gasteiger partial charge in [-0.25, -0.2) is 15.0 Å². The molecule has 3 rings (SSSR count). The number of aryl methyl sites for hydroxylation is 3. The Morgan fingerprint density at radius 3 is 2.79 bits per heavy atom. The van der Waals surface area contributed by atoms with Crippen molar-refractivity contribution in [1.82, 2.24) is 15.0 Å². The Balaban J connectivity index is 1.98. The van der Waals surface area contributed by atoms with Gasteiger partial charge in [-0.05, 0) is 26.3 Å². The quantitative estimate of drug-likeness (QED) is 0.785. The Labute approximate surface area is 143 Å². The van der Waals surface area contributed by atoms with Crippen molar-refractivity contribution in [2.24, 2.45) is 0 Å². The van der Waals surface area contributed by atoms with Gasteiger partial charge in [-0.3, -0.25) is 4.79 Å². The molecule has 2 heterocycles. The zero-order valence-corrected chi connectivity index (χ0v) is 14.8. The molecule has 0 aliphatic carbocycles. The molecule has 2 aromatic heterocycles. The van der Waals surface area contributed by atoms with E-state index in [-0.39, 0.29) is 5.91 Å². The molecule has 0 saturated heterocycles. The number of ether oxygens (including phenoxy) is 1. The van der Waals surface area contributed by atoms with E-state index < -0.39 is 0 Å². The van der Waals surface area contributed by atoms with Gasteiger partial charge in [-0.15, -0.1) is 11.3 Å². The molecule has 1 aromatic carbocycles. The van der Waals surface area contributed by atoms with Crippen LogP contribution in [0.2, 0.25) is 0 Å². The number of aromatic nitrogens is 3. The van der Waals surface area contributed by atoms with Crippen molar-refractivity contribution in [3.8, 4) is 5.75 Å². The van der Waals surface area contributed by atoms with Crippen LogP contribution in [0.4, 0.5) is 5.69 Å². The highest BCUT2D eigenvalue weighted by Crippen LogP contribution is 2.33. The van der Waals surface area contributed by atoms with E-state index in [1.165, 1.54) is 0 Å². The van der Waals surface area contributed by atoms with E-state index in [0.717, 1.165) is 20.9 Å². The average Bonchev–Trinajstić information content (AvgIpc) is 2.92. The number of rotatable bonds is 4. The van der Waals surface area contributed by atoms with Gasteiger partial charge < -0.3 is 10.1 Å². The van der Waals surface area contributed by atoms with Crippen LogP contribution in [0.15, 0.2) is 18.3 Å². The summed E-state index contributed by atoms with van der Waals surface area (Å²) in [5.41, 5.74) is 2.68. The van der Waals surface area contributed by atoms with Gasteiger partial charge in [0.25, 0.3) is 5.91 Å². The molecule has 3 aromatic rings. The van der Waals surface area contributed by atoms with Gasteiger partial charge in [0.15, 0.2) is 0 Å². The summed E-state index contributed by atoms with van der Waals surface area (Å²) in [6.07, 6.45) is 2.23. The molecule has 6 nitrogen and oxygen atoms in total. The number of benzene rings is 1. The zero-order chi connectivity index (χ0) is 17.3. The Hall–Kier alpha value is -2.54. The van der Waals surface area contributed by atoms with Crippen molar-refractivity contribution in [2.45, 2.75) is 27.2 Å². The van der Waals surface area contributed by atoms with E-state index in [2.05, 4.69) is 20.3 Å². The molecule has 0 bridgehead atoms. The number of anilines is 1. The standard InChI is InChI=1S/C17H18N4O2S/c1-5-12-11(8-18-9(2)19-12)17(22)21-13-7-16-14(6-15(13)23-4)20-10(3)24-16/h6-8H,5H2,1-4H3,(H,21,22). The van der Waals surface area contributed by atoms with Crippen molar-refractivity contribution in [1.29, 1.82) is 0 Å². The number of fused-ring (bicyclic) bond motifs is 1. The summed E-state index contributed by atoms with van der Waals surface area (Å²) < 4.78 is 6.39. The molecule has 124 valence electrons. The maximum absolute atomic E-state index is 12.7. The lowest BCUT2D eigenvalue weighted by molar-refractivity contribution is 0.102. The van der Waals surface area contributed by atoms with Crippen LogP contribution in [0.1, 0.15) is 33.8 Å². The molecule has 1 amide bonds. The third kappa shape index (κ3) is 3.07. The van der Waals surface area contributed by atoms with Crippen molar-refractivity contribution >= 4 is 33.1 Å². The summed E-state index contributed by atoms with van der Waals surface area (Å²) in [6, 6.07) is 3.72. The third-order valence-electron chi connectivity index (χ3n) is 3.63. The maximum atomic E-state index is 12.7. The predicted molar refractivity (Wildman–Crippen MR) is 95.0 cm³/mol. The molecular weight excluding hydrogens is 324 g/mol. The number of hydrogen-bond acceptors (Lipinski definition) is 6. The van der Waals surface area contributed by atoms with Gasteiger partial charge in [0.2, 0.25) is 0 Å². The molecule has 24 heavy (non-hydrogen) atoms. The fourth-order valence-electron chi connectivity index (χ4n) is 2.50. The summed E-state index contributed by atoms with van der Waals surface area (Å²) in [5.74, 6) is 0.987. The number of nitrogens with zero attached hydrogens (tertiary/aromatic N) is 3. The molecule has 0 aliphatic heterocycles. The summed E-state index contributed by atoms with van der Waals surface area (Å²) in [5, 5.41) is 3.88. The molecule has 7 heteroatoms. The molecule has 0 fully saturated rings. The van der Waals surface area contributed by atoms with Crippen molar-refractivity contribution < 1.29 is 9.53 Å². The minimum atomic E-state index is -0.245. The number of carbonyl (C=O) groups is 1. The molecule has 0 saturated carbocycles. The summed E-state index contributed by atoms with van der Waals surface area (Å²) >= 11 is 1.58. The first-order chi connectivity index (χ1) is 11.5. The number of methoxy groups -OCH3 is 1. The first kappa shape index (κ1) is 16.3. The van der Waals surface area contributed by atoms with Gasteiger partial charge in [0.05, 0.1) is 39.3 Å². The molecule has 0 spiro atoms. The Morgan fingerprint density at radius 2 is 2.08 bits per heavy atom. The second kappa shape index (κ2) is 6.52. The van der Waals surface area contributed by atoms with Crippen molar-refractivity contribution in [2.75, 3.05) is 12.4 Å². The first-order valence-electron chi connectivity index (χ1n) is 7.61. The number of hydrogen-bond donors (Lipinski definition) is 1. The topological polar surface area (TPSA) is 77.0 Å². The lowest BCUT2D eigenvalue weighted by Gasteiger charge is -2.12. The normalized spacial score (nSPS) is 10.8. The smallest absolute Gasteiger partial charge is 0.259 e. The van der Waals surface area contributed by atoms with E-state index in [0.29, 0.717) is 29.2 Å². The van der Waals surface area contributed by atoms with E-state index in [4.69, 9.17) is 4.74 Å². The highest BCUT2D eigenvalue weighted by Gasteiger charge is 2.16. The number of thiazole rings is 1. The fourth-order valence-corrected chi connectivity index (χ4v) is 3.35. The van der Waals surface area contributed by atoms with Gasteiger partial charge in [0, 0.05) is 12.3 Å². The Bertz CT molecular complexity index is 920. The highest BCUT2D eigenvalue weighted by molar-refractivity contribution is 7.18. The Kier molecular flexibility index (Phi) is 4.44. The lowest BCUT2D eigenvalue weighted by Crippen LogP contribution is -2.16. The van der Waals surface area contributed by atoms with Crippen LogP contribution in [0.3, 0.4) is 0 Å². The summed E-state index contributed by atoms with van der Waals surface area (Å²) in [7, 11) is 1.57. The molecular formula is C17H18N4O2S. The highest BCUT2D eigenvalue weighted by atomic mass is 32.1. The van der Waals surface area contributed by atoms with E-state index in [1.54, 1.807) is 24.6 Å². The van der Waals surface area contributed by atoms with Crippen LogP contribution in [-0.2, 0) is 6.42 Å². The number of amides is 1. The summed E-state index contributed by atoms with van der Waals surface area (Å²) in [6.45, 7) is 5.72. The number of carbonyl (C=O) groups excluding carboxylic acids is 1. The van der Waals surface area contributed by atoms with E-state index in [1.807, 2.05) is 32.9 Å². The monoisotopic (exact) mass is 342 g/mol. The van der Waals surface area contributed by atoms with Gasteiger partial charge in [-0.2, -0.15) is 0 Å². The van der Waals surface area contributed by atoms with E-state index in [9.17, 15) is 4.79 Å².